The minimum Gasteiger partial charge on any atom is -0.507 e. The predicted molar refractivity (Wildman–Crippen MR) is 262 cm³/mol. The summed E-state index contributed by atoms with van der Waals surface area (Å²) in [6.07, 6.45) is -10.4. The monoisotopic (exact) mass is 1050 g/mol. The van der Waals surface area contributed by atoms with Crippen LogP contribution in [0.25, 0.3) is 55.7 Å². The Morgan fingerprint density at radius 1 is 0.645 bits per heavy atom. The van der Waals surface area contributed by atoms with Gasteiger partial charge in [0.25, 0.3) is 0 Å². The van der Waals surface area contributed by atoms with Gasteiger partial charge in [0.05, 0.1) is 40.4 Å². The molecule has 7 rings (SSSR count). The molecule has 2 N–H and O–H groups in total. The van der Waals surface area contributed by atoms with Crippen molar-refractivity contribution in [1.29, 1.82) is 0 Å². The molecular formula is C53H50O23. The maximum Gasteiger partial charge on any atom is 0.379 e. The molecule has 0 amide bonds. The fourth-order valence-corrected chi connectivity index (χ4v) is 8.65. The van der Waals surface area contributed by atoms with Crippen LogP contribution in [0.4, 0.5) is 0 Å². The number of methoxy groups -OCH3 is 4. The molecule has 6 atom stereocenters. The fraction of sp³-hybridized carbons (Fsp3) is 0.321. The van der Waals surface area contributed by atoms with Crippen LogP contribution in [0.2, 0.25) is 0 Å². The van der Waals surface area contributed by atoms with Crippen LogP contribution < -0.4 is 29.8 Å². The molecule has 0 spiro atoms. The molecule has 1 saturated heterocycles. The van der Waals surface area contributed by atoms with Gasteiger partial charge < -0.3 is 71.2 Å². The summed E-state index contributed by atoms with van der Waals surface area (Å²) < 4.78 is 75.3. The zero-order chi connectivity index (χ0) is 55.3. The maximum atomic E-state index is 14.7. The van der Waals surface area contributed by atoms with Crippen molar-refractivity contribution in [1.82, 2.24) is 0 Å². The molecular weight excluding hydrogens is 1000 g/mol. The summed E-state index contributed by atoms with van der Waals surface area (Å²) in [5.74, 6) is -10.6. The average molecular weight is 1050 g/mol. The lowest BCUT2D eigenvalue weighted by molar-refractivity contribution is -0.308. The van der Waals surface area contributed by atoms with Gasteiger partial charge in [-0.05, 0) is 42.5 Å². The van der Waals surface area contributed by atoms with Gasteiger partial charge in [-0.2, -0.15) is 0 Å². The van der Waals surface area contributed by atoms with Crippen molar-refractivity contribution in [3.63, 3.8) is 0 Å². The molecule has 0 aliphatic carbocycles. The third-order valence-electron chi connectivity index (χ3n) is 11.7. The second-order valence-electron chi connectivity index (χ2n) is 17.0. The molecule has 0 bridgehead atoms. The van der Waals surface area contributed by atoms with Gasteiger partial charge in [0.15, 0.2) is 34.8 Å². The van der Waals surface area contributed by atoms with E-state index in [9.17, 15) is 48.6 Å². The lowest BCUT2D eigenvalue weighted by Crippen LogP contribution is -2.67. The zero-order valence-corrected chi connectivity index (χ0v) is 42.2. The van der Waals surface area contributed by atoms with Gasteiger partial charge in [0.1, 0.15) is 81.2 Å². The number of carbonyl (C=O) groups is 6. The van der Waals surface area contributed by atoms with E-state index in [-0.39, 0.29) is 50.7 Å². The number of rotatable bonds is 17. The molecule has 2 aromatic heterocycles. The number of aromatic hydroxyl groups is 2. The number of fused-ring (bicyclic) bond motifs is 2. The Hall–Kier alpha value is -9.12. The van der Waals surface area contributed by atoms with Crippen molar-refractivity contribution in [2.45, 2.75) is 77.3 Å². The summed E-state index contributed by atoms with van der Waals surface area (Å²) in [7, 11) is 5.02. The van der Waals surface area contributed by atoms with Crippen LogP contribution in [-0.2, 0) is 61.9 Å². The van der Waals surface area contributed by atoms with Crippen LogP contribution in [0.15, 0.2) is 91.2 Å². The van der Waals surface area contributed by atoms with Crippen LogP contribution in [0.3, 0.4) is 0 Å². The number of hydrogen-bond acceptors (Lipinski definition) is 23. The second-order valence-corrected chi connectivity index (χ2v) is 17.0. The van der Waals surface area contributed by atoms with Gasteiger partial charge in [-0.15, -0.1) is 0 Å². The first-order valence-electron chi connectivity index (χ1n) is 22.9. The Morgan fingerprint density at radius 3 is 1.86 bits per heavy atom. The highest BCUT2D eigenvalue weighted by molar-refractivity contribution is 6.02. The van der Waals surface area contributed by atoms with Gasteiger partial charge in [-0.3, -0.25) is 33.6 Å². The van der Waals surface area contributed by atoms with E-state index in [1.807, 2.05) is 0 Å². The van der Waals surface area contributed by atoms with Crippen molar-refractivity contribution < 1.29 is 99.9 Å². The molecule has 0 saturated carbocycles. The SMILES string of the molecule is COC(=O)[C@@]1(Oc2cc(O)c3c(=O)cc(-c4ccc(OC)cc4)oc3c2-c2cc(-c3cc(=O)c4c(O)cc(OC)cc4o3)ccc2OC)C[C@H](OC(C)=O)[C@@H](OC(C)=O)[C@H]([C@H](OC(C)=O)[C@@H](COC(C)=O)OC(C)=O)O1. The van der Waals surface area contributed by atoms with Crippen molar-refractivity contribution in [2.75, 3.05) is 35.0 Å². The summed E-state index contributed by atoms with van der Waals surface area (Å²) in [5, 5.41) is 22.0. The molecule has 6 aromatic rings. The van der Waals surface area contributed by atoms with Crippen molar-refractivity contribution in [2.24, 2.45) is 0 Å². The highest BCUT2D eigenvalue weighted by Crippen LogP contribution is 2.49. The quantitative estimate of drug-likeness (QED) is 0.0821. The molecule has 23 heteroatoms. The Balaban J connectivity index is 1.56. The summed E-state index contributed by atoms with van der Waals surface area (Å²) >= 11 is 0. The van der Waals surface area contributed by atoms with Crippen LogP contribution in [-0.4, -0.2) is 117 Å². The normalized spacial score (nSPS) is 17.8. The van der Waals surface area contributed by atoms with E-state index in [0.717, 1.165) is 59.9 Å². The van der Waals surface area contributed by atoms with E-state index < -0.39 is 124 Å². The first-order chi connectivity index (χ1) is 36.1. The van der Waals surface area contributed by atoms with Gasteiger partial charge in [-0.1, -0.05) is 0 Å². The standard InChI is InChI=1S/C53H50O23/c1-24(54)68-23-44(70-26(3)56)49(72-28(5)58)51-48(71-27(4)57)43(69-25(2)55)22-53(76-51,52(63)67-9)75-42-21-37(62)47-36(61)20-39(29-10-13-31(64-6)14-11-29)74-50(47)45(42)33-16-30(12-15-38(33)66-8)40-19-35(60)46-34(59)17-32(65-7)18-41(46)73-40/h10-21,43-44,48-49,51,59,62H,22-23H2,1-9H3/t43-,44+,48+,49+,51+,53+/m0/s1. The van der Waals surface area contributed by atoms with Gasteiger partial charge in [0, 0.05) is 81.6 Å². The largest absolute Gasteiger partial charge is 0.507 e. The Kier molecular flexibility index (Phi) is 16.2. The number of benzene rings is 4. The number of hydrogen-bond donors (Lipinski definition) is 2. The molecule has 0 unspecified atom stereocenters. The van der Waals surface area contributed by atoms with Crippen LogP contribution in [0.5, 0.6) is 34.5 Å². The molecule has 1 aliphatic heterocycles. The highest BCUT2D eigenvalue weighted by Gasteiger charge is 2.61. The number of phenols is 2. The predicted octanol–water partition coefficient (Wildman–Crippen LogP) is 5.66. The molecule has 1 fully saturated rings. The van der Waals surface area contributed by atoms with E-state index in [2.05, 4.69) is 0 Å². The Morgan fingerprint density at radius 2 is 1.26 bits per heavy atom. The van der Waals surface area contributed by atoms with E-state index >= 15 is 0 Å². The minimum absolute atomic E-state index is 0.00687. The van der Waals surface area contributed by atoms with Crippen LogP contribution >= 0.6 is 0 Å². The zero-order valence-electron chi connectivity index (χ0n) is 42.2. The van der Waals surface area contributed by atoms with Crippen LogP contribution in [0.1, 0.15) is 41.0 Å². The molecule has 76 heavy (non-hydrogen) atoms. The number of carbonyl (C=O) groups excluding carboxylic acids is 6. The molecule has 400 valence electrons. The first-order valence-corrected chi connectivity index (χ1v) is 22.9. The second kappa shape index (κ2) is 22.6. The van der Waals surface area contributed by atoms with E-state index in [1.54, 1.807) is 24.3 Å². The van der Waals surface area contributed by atoms with E-state index in [1.165, 1.54) is 51.7 Å². The fourth-order valence-electron chi connectivity index (χ4n) is 8.65. The van der Waals surface area contributed by atoms with Gasteiger partial charge in [-0.25, -0.2) is 4.79 Å². The molecule has 23 nitrogen and oxygen atoms in total. The van der Waals surface area contributed by atoms with E-state index in [0.29, 0.717) is 11.3 Å². The Bertz CT molecular complexity index is 3370. The summed E-state index contributed by atoms with van der Waals surface area (Å²) in [4.78, 5) is 106. The number of esters is 6. The summed E-state index contributed by atoms with van der Waals surface area (Å²) in [6.45, 7) is 4.11. The smallest absolute Gasteiger partial charge is 0.379 e. The number of phenolic OH excluding ortho intramolecular Hbond substituents is 2. The molecule has 4 aromatic carbocycles. The third-order valence-corrected chi connectivity index (χ3v) is 11.7. The van der Waals surface area contributed by atoms with Crippen LogP contribution in [0, 0.1) is 0 Å². The number of ether oxygens (including phenoxy) is 11. The lowest BCUT2D eigenvalue weighted by Gasteiger charge is -2.47. The summed E-state index contributed by atoms with van der Waals surface area (Å²) in [6, 6.07) is 16.5. The van der Waals surface area contributed by atoms with E-state index in [4.69, 9.17) is 60.9 Å². The van der Waals surface area contributed by atoms with Gasteiger partial charge in [0.2, 0.25) is 0 Å². The first kappa shape index (κ1) is 54.6. The maximum absolute atomic E-state index is 14.7. The molecule has 1 aliphatic rings. The molecule has 0 radical (unpaired) electrons. The average Bonchev–Trinajstić information content (AvgIpc) is 3.42. The molecule has 3 heterocycles. The Labute approximate surface area is 430 Å². The highest BCUT2D eigenvalue weighted by atomic mass is 16.8. The third kappa shape index (κ3) is 11.5. The topological polar surface area (TPSA) is 305 Å². The van der Waals surface area contributed by atoms with Crippen molar-refractivity contribution >= 4 is 57.8 Å². The summed E-state index contributed by atoms with van der Waals surface area (Å²) in [5.41, 5.74) is -1.73. The van der Waals surface area contributed by atoms with Crippen molar-refractivity contribution in [3.05, 3.63) is 93.2 Å². The lowest BCUT2D eigenvalue weighted by atomic mass is 9.89. The van der Waals surface area contributed by atoms with Gasteiger partial charge >= 0.3 is 41.6 Å². The minimum atomic E-state index is -2.98. The van der Waals surface area contributed by atoms with Crippen molar-refractivity contribution in [3.8, 4) is 68.3 Å².